The van der Waals surface area contributed by atoms with Gasteiger partial charge in [-0.15, -0.1) is 0 Å². The molecule has 1 aromatic heterocycles. The zero-order chi connectivity index (χ0) is 12.9. The minimum Gasteiger partial charge on any atom is -0.396 e. The number of nitrogens with zero attached hydrogens (tertiary/aromatic N) is 2. The molecule has 1 rings (SSSR count). The number of rotatable bonds is 6. The summed E-state index contributed by atoms with van der Waals surface area (Å²) in [4.78, 5) is 14.2. The lowest BCUT2D eigenvalue weighted by atomic mass is 9.95. The Morgan fingerprint density at radius 1 is 1.65 bits per heavy atom. The van der Waals surface area contributed by atoms with E-state index >= 15 is 0 Å². The fourth-order valence-corrected chi connectivity index (χ4v) is 1.48. The standard InChI is InChI=1S/C11H17N3O3/c1-3-11(2,5-7-15)13-10-8-9(14(16)17)4-6-12-10/h4,6,8,15H,3,5,7H2,1-2H3,(H,12,13). The van der Waals surface area contributed by atoms with E-state index in [1.165, 1.54) is 18.3 Å². The van der Waals surface area contributed by atoms with Crippen molar-refractivity contribution >= 4 is 11.5 Å². The van der Waals surface area contributed by atoms with Crippen molar-refractivity contribution in [2.24, 2.45) is 0 Å². The summed E-state index contributed by atoms with van der Waals surface area (Å²) in [7, 11) is 0. The third-order valence-corrected chi connectivity index (χ3v) is 2.83. The van der Waals surface area contributed by atoms with Gasteiger partial charge >= 0.3 is 0 Å². The van der Waals surface area contributed by atoms with E-state index in [0.29, 0.717) is 12.2 Å². The molecule has 0 amide bonds. The largest absolute Gasteiger partial charge is 0.396 e. The minimum atomic E-state index is -0.456. The fourth-order valence-electron chi connectivity index (χ4n) is 1.48. The van der Waals surface area contributed by atoms with Crippen LogP contribution in [0.2, 0.25) is 0 Å². The molecule has 2 N–H and O–H groups in total. The number of aliphatic hydroxyl groups is 1. The third-order valence-electron chi connectivity index (χ3n) is 2.83. The van der Waals surface area contributed by atoms with Crippen molar-refractivity contribution in [1.29, 1.82) is 0 Å². The van der Waals surface area contributed by atoms with Crippen LogP contribution in [-0.2, 0) is 0 Å². The van der Waals surface area contributed by atoms with Crippen molar-refractivity contribution in [1.82, 2.24) is 4.98 Å². The highest BCUT2D eigenvalue weighted by Crippen LogP contribution is 2.22. The Hall–Kier alpha value is -1.69. The number of anilines is 1. The molecule has 94 valence electrons. The van der Waals surface area contributed by atoms with Crippen LogP contribution in [0.25, 0.3) is 0 Å². The Morgan fingerprint density at radius 2 is 2.35 bits per heavy atom. The second kappa shape index (κ2) is 5.58. The van der Waals surface area contributed by atoms with Crippen molar-refractivity contribution in [3.8, 4) is 0 Å². The van der Waals surface area contributed by atoms with Gasteiger partial charge < -0.3 is 10.4 Å². The maximum atomic E-state index is 10.6. The molecule has 17 heavy (non-hydrogen) atoms. The summed E-state index contributed by atoms with van der Waals surface area (Å²) in [5.74, 6) is 0.456. The summed E-state index contributed by atoms with van der Waals surface area (Å²) in [5, 5.41) is 22.7. The molecule has 1 atom stereocenters. The van der Waals surface area contributed by atoms with Gasteiger partial charge in [0.2, 0.25) is 0 Å². The SMILES string of the molecule is CCC(C)(CCO)Nc1cc([N+](=O)[O-])ccn1. The predicted octanol–water partition coefficient (Wildman–Crippen LogP) is 1.95. The van der Waals surface area contributed by atoms with Crippen molar-refractivity contribution < 1.29 is 10.0 Å². The second-order valence-corrected chi connectivity index (χ2v) is 4.17. The quantitative estimate of drug-likeness (QED) is 0.585. The highest BCUT2D eigenvalue weighted by Gasteiger charge is 2.22. The molecule has 0 bridgehead atoms. The Balaban J connectivity index is 2.86. The van der Waals surface area contributed by atoms with Crippen LogP contribution >= 0.6 is 0 Å². The van der Waals surface area contributed by atoms with E-state index in [9.17, 15) is 10.1 Å². The molecule has 6 heteroatoms. The molecule has 0 fully saturated rings. The lowest BCUT2D eigenvalue weighted by Gasteiger charge is -2.29. The maximum Gasteiger partial charge on any atom is 0.274 e. The number of aromatic nitrogens is 1. The molecule has 1 unspecified atom stereocenters. The van der Waals surface area contributed by atoms with Crippen molar-refractivity contribution in [3.05, 3.63) is 28.4 Å². The molecule has 1 aromatic rings. The van der Waals surface area contributed by atoms with Gasteiger partial charge in [-0.3, -0.25) is 10.1 Å². The number of nitrogens with one attached hydrogen (secondary N) is 1. The van der Waals surface area contributed by atoms with E-state index < -0.39 is 4.92 Å². The number of pyridine rings is 1. The predicted molar refractivity (Wildman–Crippen MR) is 64.9 cm³/mol. The lowest BCUT2D eigenvalue weighted by molar-refractivity contribution is -0.384. The van der Waals surface area contributed by atoms with Crippen LogP contribution in [0.5, 0.6) is 0 Å². The third kappa shape index (κ3) is 3.67. The van der Waals surface area contributed by atoms with E-state index in [4.69, 9.17) is 5.11 Å². The van der Waals surface area contributed by atoms with E-state index in [-0.39, 0.29) is 17.8 Å². The van der Waals surface area contributed by atoms with Crippen molar-refractivity contribution in [3.63, 3.8) is 0 Å². The van der Waals surface area contributed by atoms with Crippen LogP contribution in [0.3, 0.4) is 0 Å². The molecule has 0 radical (unpaired) electrons. The van der Waals surface area contributed by atoms with Gasteiger partial charge in [-0.05, 0) is 19.8 Å². The number of hydrogen-bond donors (Lipinski definition) is 2. The Bertz CT molecular complexity index is 397. The maximum absolute atomic E-state index is 10.6. The van der Waals surface area contributed by atoms with E-state index in [1.807, 2.05) is 13.8 Å². The molecule has 1 heterocycles. The Kier molecular flexibility index (Phi) is 4.39. The van der Waals surface area contributed by atoms with Gasteiger partial charge in [0.05, 0.1) is 11.0 Å². The average Bonchev–Trinajstić information content (AvgIpc) is 2.29. The number of hydrogen-bond acceptors (Lipinski definition) is 5. The summed E-state index contributed by atoms with van der Waals surface area (Å²) in [6.45, 7) is 4.00. The highest BCUT2D eigenvalue weighted by atomic mass is 16.6. The van der Waals surface area contributed by atoms with Gasteiger partial charge in [-0.25, -0.2) is 4.98 Å². The summed E-state index contributed by atoms with van der Waals surface area (Å²) in [6, 6.07) is 2.74. The molecule has 0 spiro atoms. The van der Waals surface area contributed by atoms with Crippen molar-refractivity contribution in [2.75, 3.05) is 11.9 Å². The van der Waals surface area contributed by atoms with Gasteiger partial charge in [0.15, 0.2) is 0 Å². The molecule has 0 saturated heterocycles. The summed E-state index contributed by atoms with van der Waals surface area (Å²) in [6.07, 6.45) is 2.75. The summed E-state index contributed by atoms with van der Waals surface area (Å²) in [5.41, 5.74) is -0.304. The van der Waals surface area contributed by atoms with Gasteiger partial charge in [0, 0.05) is 24.4 Å². The summed E-state index contributed by atoms with van der Waals surface area (Å²) < 4.78 is 0. The normalized spacial score (nSPS) is 14.1. The Morgan fingerprint density at radius 3 is 2.88 bits per heavy atom. The van der Waals surface area contributed by atoms with Gasteiger partial charge in [-0.1, -0.05) is 6.92 Å². The molecule has 0 aliphatic rings. The molecule has 0 saturated carbocycles. The van der Waals surface area contributed by atoms with Gasteiger partial charge in [-0.2, -0.15) is 0 Å². The van der Waals surface area contributed by atoms with Gasteiger partial charge in [0.1, 0.15) is 5.82 Å². The monoisotopic (exact) mass is 239 g/mol. The second-order valence-electron chi connectivity index (χ2n) is 4.17. The van der Waals surface area contributed by atoms with Crippen molar-refractivity contribution in [2.45, 2.75) is 32.2 Å². The fraction of sp³-hybridized carbons (Fsp3) is 0.545. The van der Waals surface area contributed by atoms with E-state index in [1.54, 1.807) is 0 Å². The van der Waals surface area contributed by atoms with Crippen LogP contribution in [0, 0.1) is 10.1 Å². The number of aliphatic hydroxyl groups excluding tert-OH is 1. The molecule has 0 aromatic carbocycles. The molecule has 6 nitrogen and oxygen atoms in total. The summed E-state index contributed by atoms with van der Waals surface area (Å²) >= 11 is 0. The minimum absolute atomic E-state index is 0.00458. The number of nitro groups is 1. The zero-order valence-corrected chi connectivity index (χ0v) is 10.0. The Labute approximate surface area is 99.8 Å². The topological polar surface area (TPSA) is 88.3 Å². The van der Waals surface area contributed by atoms with Crippen LogP contribution in [0.1, 0.15) is 26.7 Å². The van der Waals surface area contributed by atoms with Gasteiger partial charge in [0.25, 0.3) is 5.69 Å². The molecular formula is C11H17N3O3. The first-order chi connectivity index (χ1) is 8.00. The van der Waals surface area contributed by atoms with Crippen LogP contribution in [0.15, 0.2) is 18.3 Å². The van der Waals surface area contributed by atoms with E-state index in [0.717, 1.165) is 6.42 Å². The molecule has 0 aliphatic carbocycles. The first kappa shape index (κ1) is 13.4. The van der Waals surface area contributed by atoms with Crippen LogP contribution in [-0.4, -0.2) is 27.2 Å². The first-order valence-electron chi connectivity index (χ1n) is 5.50. The molecular weight excluding hydrogens is 222 g/mol. The zero-order valence-electron chi connectivity index (χ0n) is 10.0. The van der Waals surface area contributed by atoms with Crippen LogP contribution < -0.4 is 5.32 Å². The lowest BCUT2D eigenvalue weighted by Crippen LogP contribution is -2.35. The first-order valence-corrected chi connectivity index (χ1v) is 5.50. The molecule has 0 aliphatic heterocycles. The average molecular weight is 239 g/mol. The highest BCUT2D eigenvalue weighted by molar-refractivity contribution is 5.45. The smallest absolute Gasteiger partial charge is 0.274 e. The van der Waals surface area contributed by atoms with E-state index in [2.05, 4.69) is 10.3 Å². The van der Waals surface area contributed by atoms with Crippen LogP contribution in [0.4, 0.5) is 11.5 Å².